The first-order chi connectivity index (χ1) is 23.1. The summed E-state index contributed by atoms with van der Waals surface area (Å²) in [4.78, 5) is 89.7. The lowest BCUT2D eigenvalue weighted by atomic mass is 10.1. The Hall–Kier alpha value is -4.48. The molecule has 1 aliphatic rings. The van der Waals surface area contributed by atoms with Crippen LogP contribution in [0.1, 0.15) is 75.0 Å². The normalized spacial score (nSPS) is 20.4. The van der Waals surface area contributed by atoms with Gasteiger partial charge in [-0.1, -0.05) is 41.5 Å². The van der Waals surface area contributed by atoms with Gasteiger partial charge in [0.15, 0.2) is 25.7 Å². The standard InChI is InChI=1S/C32H49FN4O13/c1-18(2)25(39)45-16-32(33)23(48-27(41)20(5)6)22(47-26(40)19(3)4)24(49-32)36-15-12-21(38)37(29(36)43)17-46-28(42)34-13-11-14-35(10)30(44)50-31(7,8)9/h12,15,18-20,22-24H,11,13-14,16-17H2,1-10H3,(H,34,42)/t22-,23+,24-,32-/m1/s1. The second-order valence-corrected chi connectivity index (χ2v) is 13.6. The van der Waals surface area contributed by atoms with E-state index in [2.05, 4.69) is 5.32 Å². The second-order valence-electron chi connectivity index (χ2n) is 13.6. The van der Waals surface area contributed by atoms with Crippen LogP contribution in [0.15, 0.2) is 21.9 Å². The zero-order chi connectivity index (χ0) is 38.1. The van der Waals surface area contributed by atoms with Gasteiger partial charge in [0, 0.05) is 32.4 Å². The predicted molar refractivity (Wildman–Crippen MR) is 172 cm³/mol. The zero-order valence-corrected chi connectivity index (χ0v) is 30.2. The molecule has 4 atom stereocenters. The number of carbonyl (C=O) groups excluding carboxylic acids is 5. The third-order valence-electron chi connectivity index (χ3n) is 6.98. The monoisotopic (exact) mass is 716 g/mol. The van der Waals surface area contributed by atoms with E-state index in [0.29, 0.717) is 15.6 Å². The minimum atomic E-state index is -3.12. The number of nitrogens with zero attached hydrogens (tertiary/aromatic N) is 3. The number of esters is 3. The van der Waals surface area contributed by atoms with E-state index in [0.717, 1.165) is 12.3 Å². The molecular formula is C32H49FN4O13. The number of ether oxygens (including phenoxy) is 6. The Balaban J connectivity index is 2.33. The van der Waals surface area contributed by atoms with Crippen molar-refractivity contribution in [2.24, 2.45) is 17.8 Å². The molecule has 50 heavy (non-hydrogen) atoms. The van der Waals surface area contributed by atoms with E-state index in [1.807, 2.05) is 0 Å². The van der Waals surface area contributed by atoms with Gasteiger partial charge < -0.3 is 38.6 Å². The fraction of sp³-hybridized carbons (Fsp3) is 0.719. The number of alkyl carbamates (subject to hydrolysis) is 1. The third kappa shape index (κ3) is 11.6. The summed E-state index contributed by atoms with van der Waals surface area (Å²) in [5, 5.41) is 2.43. The van der Waals surface area contributed by atoms with Gasteiger partial charge in [-0.2, -0.15) is 0 Å². The average molecular weight is 717 g/mol. The van der Waals surface area contributed by atoms with Gasteiger partial charge in [0.05, 0.1) is 17.8 Å². The second kappa shape index (κ2) is 17.4. The fourth-order valence-electron chi connectivity index (χ4n) is 4.16. The van der Waals surface area contributed by atoms with E-state index in [4.69, 9.17) is 28.4 Å². The maximum absolute atomic E-state index is 16.7. The van der Waals surface area contributed by atoms with E-state index in [-0.39, 0.29) is 13.1 Å². The lowest BCUT2D eigenvalue weighted by molar-refractivity contribution is -0.226. The molecule has 1 fully saturated rings. The molecular weight excluding hydrogens is 667 g/mol. The Morgan fingerprint density at radius 3 is 2.10 bits per heavy atom. The van der Waals surface area contributed by atoms with Crippen LogP contribution in [-0.2, 0) is 49.5 Å². The molecule has 0 bridgehead atoms. The molecule has 0 aromatic carbocycles. The van der Waals surface area contributed by atoms with Gasteiger partial charge >= 0.3 is 35.8 Å². The quantitative estimate of drug-likeness (QED) is 0.167. The minimum absolute atomic E-state index is 0.0646. The number of rotatable bonds is 14. The minimum Gasteiger partial charge on any atom is -0.459 e. The van der Waals surface area contributed by atoms with Gasteiger partial charge in [-0.05, 0) is 27.2 Å². The number of aromatic nitrogens is 2. The van der Waals surface area contributed by atoms with Crippen LogP contribution >= 0.6 is 0 Å². The highest BCUT2D eigenvalue weighted by Gasteiger charge is 2.62. The van der Waals surface area contributed by atoms with Crippen molar-refractivity contribution in [3.05, 3.63) is 33.1 Å². The maximum atomic E-state index is 16.7. The molecule has 2 rings (SSSR count). The van der Waals surface area contributed by atoms with Crippen LogP contribution in [0.2, 0.25) is 0 Å². The first-order valence-electron chi connectivity index (χ1n) is 16.2. The number of alkyl halides is 1. The van der Waals surface area contributed by atoms with Gasteiger partial charge in [0.25, 0.3) is 11.4 Å². The molecule has 0 aliphatic carbocycles. The van der Waals surface area contributed by atoms with Crippen LogP contribution in [0.4, 0.5) is 14.0 Å². The highest BCUT2D eigenvalue weighted by molar-refractivity contribution is 5.73. The highest BCUT2D eigenvalue weighted by Crippen LogP contribution is 2.42. The van der Waals surface area contributed by atoms with Crippen molar-refractivity contribution >= 4 is 30.1 Å². The van der Waals surface area contributed by atoms with Gasteiger partial charge in [0.1, 0.15) is 5.60 Å². The molecule has 282 valence electrons. The van der Waals surface area contributed by atoms with Crippen molar-refractivity contribution in [2.45, 2.75) is 105 Å². The Bertz CT molecular complexity index is 1500. The summed E-state index contributed by atoms with van der Waals surface area (Å²) in [6.45, 7) is 12.4. The summed E-state index contributed by atoms with van der Waals surface area (Å²) in [5.74, 6) is -7.88. The summed E-state index contributed by atoms with van der Waals surface area (Å²) in [6.07, 6.45) is -5.95. The van der Waals surface area contributed by atoms with E-state index >= 15 is 4.39 Å². The van der Waals surface area contributed by atoms with E-state index in [1.165, 1.54) is 53.5 Å². The number of halogens is 1. The molecule has 0 spiro atoms. The highest BCUT2D eigenvalue weighted by atomic mass is 19.2. The number of amides is 2. The maximum Gasteiger partial charge on any atom is 0.410 e. The Morgan fingerprint density at radius 1 is 0.960 bits per heavy atom. The molecule has 1 aromatic heterocycles. The molecule has 1 aromatic rings. The molecule has 1 N–H and O–H groups in total. The molecule has 17 nitrogen and oxygen atoms in total. The predicted octanol–water partition coefficient (Wildman–Crippen LogP) is 2.48. The summed E-state index contributed by atoms with van der Waals surface area (Å²) in [7, 11) is 1.53. The lowest BCUT2D eigenvalue weighted by Gasteiger charge is -2.28. The van der Waals surface area contributed by atoms with Crippen LogP contribution in [0.25, 0.3) is 0 Å². The Labute approximate surface area is 289 Å². The first kappa shape index (κ1) is 41.7. The fourth-order valence-corrected chi connectivity index (χ4v) is 4.16. The van der Waals surface area contributed by atoms with Gasteiger partial charge in [-0.15, -0.1) is 0 Å². The summed E-state index contributed by atoms with van der Waals surface area (Å²) in [5.41, 5.74) is -2.76. The van der Waals surface area contributed by atoms with Gasteiger partial charge in [-0.3, -0.25) is 23.7 Å². The van der Waals surface area contributed by atoms with Crippen LogP contribution in [0.3, 0.4) is 0 Å². The molecule has 2 amide bonds. The number of hydrogen-bond donors (Lipinski definition) is 1. The number of nitrogens with one attached hydrogen (secondary N) is 1. The lowest BCUT2D eigenvalue weighted by Crippen LogP contribution is -2.49. The largest absolute Gasteiger partial charge is 0.459 e. The SMILES string of the molecule is CC(C)C(=O)OC[C@@]1(F)O[C@@H](n2ccc(=O)n(COC(=O)NCCCN(C)C(=O)OC(C)(C)C)c2=O)[C@H](OC(=O)C(C)C)[C@@H]1OC(=O)C(C)C. The van der Waals surface area contributed by atoms with Crippen LogP contribution in [0.5, 0.6) is 0 Å². The first-order valence-corrected chi connectivity index (χ1v) is 16.2. The molecule has 0 saturated carbocycles. The number of carbonyl (C=O) groups is 5. The summed E-state index contributed by atoms with van der Waals surface area (Å²) < 4.78 is 49.7. The van der Waals surface area contributed by atoms with E-state index < -0.39 is 102 Å². The van der Waals surface area contributed by atoms with Gasteiger partial charge in [-0.25, -0.2) is 23.3 Å². The summed E-state index contributed by atoms with van der Waals surface area (Å²) in [6, 6.07) is 0.895. The van der Waals surface area contributed by atoms with Crippen molar-refractivity contribution in [1.82, 2.24) is 19.4 Å². The van der Waals surface area contributed by atoms with Crippen molar-refractivity contribution in [3.8, 4) is 0 Å². The van der Waals surface area contributed by atoms with Crippen molar-refractivity contribution in [3.63, 3.8) is 0 Å². The Kier molecular flexibility index (Phi) is 14.5. The third-order valence-corrected chi connectivity index (χ3v) is 6.98. The van der Waals surface area contributed by atoms with Crippen molar-refractivity contribution in [1.29, 1.82) is 0 Å². The van der Waals surface area contributed by atoms with E-state index in [9.17, 15) is 33.6 Å². The Morgan fingerprint density at radius 2 is 1.54 bits per heavy atom. The van der Waals surface area contributed by atoms with Crippen molar-refractivity contribution in [2.75, 3.05) is 26.7 Å². The topological polar surface area (TPSA) is 200 Å². The molecule has 1 aliphatic heterocycles. The molecule has 0 unspecified atom stereocenters. The van der Waals surface area contributed by atoms with Crippen LogP contribution in [0, 0.1) is 17.8 Å². The van der Waals surface area contributed by atoms with E-state index in [1.54, 1.807) is 20.8 Å². The van der Waals surface area contributed by atoms with Crippen LogP contribution in [-0.4, -0.2) is 94.5 Å². The van der Waals surface area contributed by atoms with Crippen LogP contribution < -0.4 is 16.6 Å². The molecule has 0 radical (unpaired) electrons. The molecule has 1 saturated heterocycles. The smallest absolute Gasteiger partial charge is 0.410 e. The van der Waals surface area contributed by atoms with Crippen molar-refractivity contribution < 1.29 is 56.8 Å². The zero-order valence-electron chi connectivity index (χ0n) is 30.2. The average Bonchev–Trinajstić information content (AvgIpc) is 3.27. The van der Waals surface area contributed by atoms with Gasteiger partial charge in [0.2, 0.25) is 6.10 Å². The summed E-state index contributed by atoms with van der Waals surface area (Å²) >= 11 is 0. The molecule has 18 heteroatoms. The molecule has 2 heterocycles. The number of hydrogen-bond acceptors (Lipinski definition) is 13.